The molecule has 3 N–H and O–H groups in total. The first-order valence-corrected chi connectivity index (χ1v) is 5.60. The van der Waals surface area contributed by atoms with Crippen LogP contribution >= 0.6 is 0 Å². The van der Waals surface area contributed by atoms with Crippen LogP contribution in [0, 0.1) is 18.6 Å². The number of nitrogens with one attached hydrogen (secondary N) is 1. The zero-order valence-electron chi connectivity index (χ0n) is 10.2. The van der Waals surface area contributed by atoms with Crippen LogP contribution in [0.1, 0.15) is 15.9 Å². The summed E-state index contributed by atoms with van der Waals surface area (Å²) in [5.41, 5.74) is 6.55. The number of amides is 1. The van der Waals surface area contributed by atoms with Gasteiger partial charge in [0.1, 0.15) is 17.3 Å². The van der Waals surface area contributed by atoms with Crippen LogP contribution in [0.5, 0.6) is 0 Å². The number of nitrogen functional groups attached to an aromatic ring is 1. The van der Waals surface area contributed by atoms with Crippen LogP contribution in [-0.2, 0) is 0 Å². The van der Waals surface area contributed by atoms with Crippen molar-refractivity contribution in [3.8, 4) is 0 Å². The van der Waals surface area contributed by atoms with E-state index in [-0.39, 0.29) is 11.3 Å². The Hall–Kier alpha value is -2.43. The Morgan fingerprint density at radius 2 is 1.79 bits per heavy atom. The quantitative estimate of drug-likeness (QED) is 0.817. The van der Waals surface area contributed by atoms with Gasteiger partial charge in [0.15, 0.2) is 0 Å². The Balaban J connectivity index is 2.31. The molecule has 0 atom stereocenters. The fourth-order valence-corrected chi connectivity index (χ4v) is 1.69. The van der Waals surface area contributed by atoms with E-state index < -0.39 is 23.2 Å². The molecule has 0 unspecified atom stereocenters. The van der Waals surface area contributed by atoms with Gasteiger partial charge in [-0.2, -0.15) is 0 Å². The molecule has 2 aromatic carbocycles. The normalized spacial score (nSPS) is 10.3. The molecule has 2 rings (SSSR count). The van der Waals surface area contributed by atoms with Crippen molar-refractivity contribution in [2.24, 2.45) is 0 Å². The third-order valence-corrected chi connectivity index (χ3v) is 2.65. The average Bonchev–Trinajstić information content (AvgIpc) is 2.33. The lowest BCUT2D eigenvalue weighted by molar-refractivity contribution is 0.102. The molecule has 0 fully saturated rings. The summed E-state index contributed by atoms with van der Waals surface area (Å²) in [4.78, 5) is 11.9. The van der Waals surface area contributed by atoms with Crippen LogP contribution in [0.25, 0.3) is 0 Å². The smallest absolute Gasteiger partial charge is 0.257 e. The number of halogens is 2. The van der Waals surface area contributed by atoms with E-state index in [1.807, 2.05) is 6.92 Å². The molecule has 0 aromatic heterocycles. The van der Waals surface area contributed by atoms with Gasteiger partial charge >= 0.3 is 0 Å². The van der Waals surface area contributed by atoms with Crippen molar-refractivity contribution in [1.29, 1.82) is 0 Å². The van der Waals surface area contributed by atoms with Gasteiger partial charge < -0.3 is 11.1 Å². The number of carbonyl (C=O) groups excluding carboxylic acids is 1. The summed E-state index contributed by atoms with van der Waals surface area (Å²) in [6, 6.07) is 8.18. The first-order valence-electron chi connectivity index (χ1n) is 5.60. The minimum Gasteiger partial charge on any atom is -0.398 e. The maximum Gasteiger partial charge on any atom is 0.257 e. The standard InChI is InChI=1S/C14H12F2N2O/c1-8-5-6-9(12(17)7-8)14(19)18-13-10(15)3-2-4-11(13)16/h2-7H,17H2,1H3,(H,18,19). The minimum absolute atomic E-state index is 0.174. The van der Waals surface area contributed by atoms with Gasteiger partial charge in [-0.25, -0.2) is 8.78 Å². The molecule has 3 nitrogen and oxygen atoms in total. The van der Waals surface area contributed by atoms with Crippen LogP contribution in [0.4, 0.5) is 20.2 Å². The zero-order chi connectivity index (χ0) is 14.0. The van der Waals surface area contributed by atoms with Crippen molar-refractivity contribution in [3.63, 3.8) is 0 Å². The third-order valence-electron chi connectivity index (χ3n) is 2.65. The average molecular weight is 262 g/mol. The summed E-state index contributed by atoms with van der Waals surface area (Å²) in [7, 11) is 0. The Labute approximate surface area is 109 Å². The van der Waals surface area contributed by atoms with Crippen LogP contribution < -0.4 is 11.1 Å². The molecular formula is C14H12F2N2O. The first-order chi connectivity index (χ1) is 8.99. The summed E-state index contributed by atoms with van der Waals surface area (Å²) in [6.45, 7) is 1.83. The Morgan fingerprint density at radius 3 is 2.37 bits per heavy atom. The second kappa shape index (κ2) is 5.06. The van der Waals surface area contributed by atoms with Crippen molar-refractivity contribution in [3.05, 3.63) is 59.2 Å². The highest BCUT2D eigenvalue weighted by Gasteiger charge is 2.15. The molecule has 0 saturated heterocycles. The number of hydrogen-bond donors (Lipinski definition) is 2. The maximum absolute atomic E-state index is 13.4. The fraction of sp³-hybridized carbons (Fsp3) is 0.0714. The maximum atomic E-state index is 13.4. The Bertz CT molecular complexity index is 621. The van der Waals surface area contributed by atoms with Gasteiger partial charge in [0.05, 0.1) is 5.56 Å². The van der Waals surface area contributed by atoms with E-state index in [9.17, 15) is 13.6 Å². The summed E-state index contributed by atoms with van der Waals surface area (Å²) in [5, 5.41) is 2.19. The Morgan fingerprint density at radius 1 is 1.16 bits per heavy atom. The second-order valence-electron chi connectivity index (χ2n) is 4.14. The molecule has 1 amide bonds. The summed E-state index contributed by atoms with van der Waals surface area (Å²) in [5.74, 6) is -2.32. The molecular weight excluding hydrogens is 250 g/mol. The van der Waals surface area contributed by atoms with Gasteiger partial charge in [-0.15, -0.1) is 0 Å². The molecule has 0 spiro atoms. The number of para-hydroxylation sites is 1. The van der Waals surface area contributed by atoms with E-state index in [1.165, 1.54) is 12.1 Å². The predicted octanol–water partition coefficient (Wildman–Crippen LogP) is 3.11. The molecule has 0 saturated carbocycles. The lowest BCUT2D eigenvalue weighted by atomic mass is 10.1. The third kappa shape index (κ3) is 2.70. The van der Waals surface area contributed by atoms with Crippen LogP contribution in [0.15, 0.2) is 36.4 Å². The summed E-state index contributed by atoms with van der Waals surface area (Å²) < 4.78 is 26.8. The van der Waals surface area contributed by atoms with E-state index in [2.05, 4.69) is 5.32 Å². The Kier molecular flexibility index (Phi) is 3.46. The van der Waals surface area contributed by atoms with Crippen molar-refractivity contribution in [2.45, 2.75) is 6.92 Å². The van der Waals surface area contributed by atoms with Gasteiger partial charge in [0.2, 0.25) is 0 Å². The lowest BCUT2D eigenvalue weighted by Crippen LogP contribution is -2.16. The number of benzene rings is 2. The molecule has 0 aliphatic rings. The highest BCUT2D eigenvalue weighted by Crippen LogP contribution is 2.21. The molecule has 0 aliphatic carbocycles. The van der Waals surface area contributed by atoms with Gasteiger partial charge in [0.25, 0.3) is 5.91 Å². The van der Waals surface area contributed by atoms with Crippen LogP contribution in [-0.4, -0.2) is 5.91 Å². The van der Waals surface area contributed by atoms with Crippen LogP contribution in [0.2, 0.25) is 0 Å². The second-order valence-corrected chi connectivity index (χ2v) is 4.14. The fourth-order valence-electron chi connectivity index (χ4n) is 1.69. The topological polar surface area (TPSA) is 55.1 Å². The largest absolute Gasteiger partial charge is 0.398 e. The van der Waals surface area contributed by atoms with Crippen molar-refractivity contribution in [1.82, 2.24) is 0 Å². The summed E-state index contributed by atoms with van der Waals surface area (Å²) >= 11 is 0. The number of nitrogens with two attached hydrogens (primary N) is 1. The molecule has 0 radical (unpaired) electrons. The minimum atomic E-state index is -0.834. The van der Waals surface area contributed by atoms with E-state index in [0.717, 1.165) is 17.7 Å². The molecule has 2 aromatic rings. The molecule has 0 heterocycles. The predicted molar refractivity (Wildman–Crippen MR) is 69.9 cm³/mol. The number of aryl methyl sites for hydroxylation is 1. The van der Waals surface area contributed by atoms with Crippen molar-refractivity contribution < 1.29 is 13.6 Å². The SMILES string of the molecule is Cc1ccc(C(=O)Nc2c(F)cccc2F)c(N)c1. The van der Waals surface area contributed by atoms with Gasteiger partial charge in [-0.05, 0) is 36.8 Å². The summed E-state index contributed by atoms with van der Waals surface area (Å²) in [6.07, 6.45) is 0. The highest BCUT2D eigenvalue weighted by atomic mass is 19.1. The van der Waals surface area contributed by atoms with Gasteiger partial charge in [0, 0.05) is 5.69 Å². The van der Waals surface area contributed by atoms with Crippen molar-refractivity contribution >= 4 is 17.3 Å². The molecule has 19 heavy (non-hydrogen) atoms. The molecule has 0 aliphatic heterocycles. The van der Waals surface area contributed by atoms with Gasteiger partial charge in [-0.1, -0.05) is 12.1 Å². The van der Waals surface area contributed by atoms with Crippen molar-refractivity contribution in [2.75, 3.05) is 11.1 Å². The molecule has 0 bridgehead atoms. The first kappa shape index (κ1) is 13.0. The molecule has 98 valence electrons. The number of anilines is 2. The number of carbonyl (C=O) groups is 1. The number of hydrogen-bond acceptors (Lipinski definition) is 2. The van der Waals surface area contributed by atoms with E-state index in [4.69, 9.17) is 5.73 Å². The monoisotopic (exact) mass is 262 g/mol. The lowest BCUT2D eigenvalue weighted by Gasteiger charge is -2.09. The van der Waals surface area contributed by atoms with E-state index >= 15 is 0 Å². The zero-order valence-corrected chi connectivity index (χ0v) is 10.2. The van der Waals surface area contributed by atoms with Gasteiger partial charge in [-0.3, -0.25) is 4.79 Å². The highest BCUT2D eigenvalue weighted by molar-refractivity contribution is 6.07. The molecule has 5 heteroatoms. The van der Waals surface area contributed by atoms with Crippen LogP contribution in [0.3, 0.4) is 0 Å². The number of rotatable bonds is 2. The van der Waals surface area contributed by atoms with E-state index in [0.29, 0.717) is 0 Å². The van der Waals surface area contributed by atoms with E-state index in [1.54, 1.807) is 12.1 Å².